The second-order valence-electron chi connectivity index (χ2n) is 9.59. The largest absolute Gasteiger partial charge is 0.496 e. The molecule has 0 aliphatic heterocycles. The fourth-order valence-corrected chi connectivity index (χ4v) is 3.64. The Bertz CT molecular complexity index is 1220. The first-order chi connectivity index (χ1) is 18.2. The van der Waals surface area contributed by atoms with Gasteiger partial charge in [0, 0.05) is 23.2 Å². The lowest BCUT2D eigenvalue weighted by molar-refractivity contribution is -0.150. The molecule has 0 saturated heterocycles. The maximum atomic E-state index is 13.2. The molecule has 2 aromatic rings. The highest BCUT2D eigenvalue weighted by Gasteiger charge is 2.25. The molecular weight excluding hydrogens is 488 g/mol. The lowest BCUT2D eigenvalue weighted by Crippen LogP contribution is -2.27. The summed E-state index contributed by atoms with van der Waals surface area (Å²) >= 11 is 0. The fraction of sp³-hybridized carbons (Fsp3) is 0.414. The zero-order valence-electron chi connectivity index (χ0n) is 22.2. The molecule has 1 heterocycles. The van der Waals surface area contributed by atoms with E-state index in [9.17, 15) is 19.2 Å². The Morgan fingerprint density at radius 2 is 1.79 bits per heavy atom. The second kappa shape index (κ2) is 13.0. The SMILES string of the molecule is C=Cc1cc(C=O)c(-c2ccc(C(=O)NCC3CC3)nc2C(=O)OCCOC(=O)[C@@H](C)C(C)C)cc1OC. The minimum atomic E-state index is -0.826. The van der Waals surface area contributed by atoms with Crippen LogP contribution < -0.4 is 10.1 Å². The smallest absolute Gasteiger partial charge is 0.357 e. The number of methoxy groups -OCH3 is 1. The van der Waals surface area contributed by atoms with Gasteiger partial charge in [-0.3, -0.25) is 14.4 Å². The minimum absolute atomic E-state index is 0.0425. The van der Waals surface area contributed by atoms with Crippen molar-refractivity contribution >= 4 is 30.2 Å². The number of ether oxygens (including phenoxy) is 3. The van der Waals surface area contributed by atoms with E-state index in [1.54, 1.807) is 31.2 Å². The summed E-state index contributed by atoms with van der Waals surface area (Å²) in [5.74, 6) is -0.888. The van der Waals surface area contributed by atoms with Gasteiger partial charge in [0.25, 0.3) is 5.91 Å². The number of benzene rings is 1. The van der Waals surface area contributed by atoms with Crippen molar-refractivity contribution in [2.45, 2.75) is 33.6 Å². The first-order valence-corrected chi connectivity index (χ1v) is 12.6. The molecule has 1 saturated carbocycles. The van der Waals surface area contributed by atoms with Gasteiger partial charge in [-0.05, 0) is 54.5 Å². The number of esters is 2. The summed E-state index contributed by atoms with van der Waals surface area (Å²) in [5, 5.41) is 2.83. The number of carbonyl (C=O) groups is 4. The molecule has 9 nitrogen and oxygen atoms in total. The lowest BCUT2D eigenvalue weighted by atomic mass is 9.95. The molecule has 1 aliphatic rings. The Labute approximate surface area is 222 Å². The highest BCUT2D eigenvalue weighted by atomic mass is 16.6. The van der Waals surface area contributed by atoms with Gasteiger partial charge in [0.1, 0.15) is 24.7 Å². The lowest BCUT2D eigenvalue weighted by Gasteiger charge is -2.16. The molecule has 0 spiro atoms. The first-order valence-electron chi connectivity index (χ1n) is 12.6. The highest BCUT2D eigenvalue weighted by molar-refractivity contribution is 6.01. The predicted octanol–water partition coefficient (Wildman–Crippen LogP) is 4.34. The van der Waals surface area contributed by atoms with Crippen LogP contribution in [-0.4, -0.2) is 56.0 Å². The average Bonchev–Trinajstić information content (AvgIpc) is 3.76. The number of hydrogen-bond acceptors (Lipinski definition) is 8. The monoisotopic (exact) mass is 522 g/mol. The molecule has 0 radical (unpaired) electrons. The first kappa shape index (κ1) is 28.6. The van der Waals surface area contributed by atoms with Crippen LogP contribution in [0.1, 0.15) is 70.5 Å². The van der Waals surface area contributed by atoms with Crippen molar-refractivity contribution in [2.75, 3.05) is 26.9 Å². The van der Waals surface area contributed by atoms with E-state index in [0.717, 1.165) is 12.8 Å². The molecule has 3 rings (SSSR count). The Hall–Kier alpha value is -4.01. The van der Waals surface area contributed by atoms with Crippen molar-refractivity contribution in [1.82, 2.24) is 10.3 Å². The van der Waals surface area contributed by atoms with Gasteiger partial charge in [-0.15, -0.1) is 0 Å². The molecule has 1 aromatic heterocycles. The van der Waals surface area contributed by atoms with E-state index in [1.807, 2.05) is 13.8 Å². The topological polar surface area (TPSA) is 121 Å². The van der Waals surface area contributed by atoms with Crippen molar-refractivity contribution in [1.29, 1.82) is 0 Å². The Morgan fingerprint density at radius 3 is 2.39 bits per heavy atom. The summed E-state index contributed by atoms with van der Waals surface area (Å²) in [7, 11) is 1.48. The molecular formula is C29H34N2O7. The number of amides is 1. The standard InChI is InChI=1S/C29H34N2O7/c1-6-20-13-21(16-32)23(14-25(20)36-5)22-9-10-24(27(33)30-15-19-7-8-19)31-26(22)29(35)38-12-11-37-28(34)18(4)17(2)3/h6,9-10,13-14,16-19H,1,7-8,11-12,15H2,2-5H3,(H,30,33)/t18-/m0/s1. The number of rotatable bonds is 13. The predicted molar refractivity (Wildman–Crippen MR) is 142 cm³/mol. The molecule has 9 heteroatoms. The van der Waals surface area contributed by atoms with E-state index < -0.39 is 11.9 Å². The van der Waals surface area contributed by atoms with E-state index in [-0.39, 0.29) is 53.5 Å². The van der Waals surface area contributed by atoms with Crippen molar-refractivity contribution in [3.8, 4) is 16.9 Å². The van der Waals surface area contributed by atoms with Crippen molar-refractivity contribution < 1.29 is 33.4 Å². The number of carbonyl (C=O) groups excluding carboxylic acids is 4. The molecule has 1 amide bonds. The number of aldehydes is 1. The zero-order chi connectivity index (χ0) is 27.8. The van der Waals surface area contributed by atoms with Crippen molar-refractivity contribution in [3.63, 3.8) is 0 Å². The van der Waals surface area contributed by atoms with E-state index in [1.165, 1.54) is 13.2 Å². The second-order valence-corrected chi connectivity index (χ2v) is 9.59. The Kier molecular flexibility index (Phi) is 9.76. The van der Waals surface area contributed by atoms with Gasteiger partial charge in [0.2, 0.25) is 0 Å². The maximum Gasteiger partial charge on any atom is 0.357 e. The molecule has 0 unspecified atom stereocenters. The number of hydrogen-bond donors (Lipinski definition) is 1. The molecule has 1 aliphatic carbocycles. The average molecular weight is 523 g/mol. The van der Waals surface area contributed by atoms with Crippen LogP contribution in [0.4, 0.5) is 0 Å². The number of nitrogens with zero attached hydrogens (tertiary/aromatic N) is 1. The summed E-state index contributed by atoms with van der Waals surface area (Å²) in [6.07, 6.45) is 4.35. The maximum absolute atomic E-state index is 13.2. The van der Waals surface area contributed by atoms with Gasteiger partial charge in [-0.1, -0.05) is 33.4 Å². The van der Waals surface area contributed by atoms with Crippen LogP contribution in [0.15, 0.2) is 30.8 Å². The molecule has 0 bridgehead atoms. The highest BCUT2D eigenvalue weighted by Crippen LogP contribution is 2.33. The minimum Gasteiger partial charge on any atom is -0.496 e. The molecule has 1 fully saturated rings. The third kappa shape index (κ3) is 7.06. The van der Waals surface area contributed by atoms with Gasteiger partial charge in [0.15, 0.2) is 12.0 Å². The number of nitrogens with one attached hydrogen (secondary N) is 1. The van der Waals surface area contributed by atoms with E-state index in [4.69, 9.17) is 14.2 Å². The van der Waals surface area contributed by atoms with Crippen LogP contribution in [0.2, 0.25) is 0 Å². The number of aromatic nitrogens is 1. The van der Waals surface area contributed by atoms with E-state index in [0.29, 0.717) is 35.6 Å². The van der Waals surface area contributed by atoms with E-state index in [2.05, 4.69) is 16.9 Å². The third-order valence-electron chi connectivity index (χ3n) is 6.54. The van der Waals surface area contributed by atoms with Gasteiger partial charge in [-0.25, -0.2) is 9.78 Å². The normalized spacial score (nSPS) is 13.4. The van der Waals surface area contributed by atoms with Gasteiger partial charge < -0.3 is 19.5 Å². The summed E-state index contributed by atoms with van der Waals surface area (Å²) in [4.78, 5) is 54.2. The van der Waals surface area contributed by atoms with Gasteiger partial charge >= 0.3 is 11.9 Å². The van der Waals surface area contributed by atoms with Crippen LogP contribution in [0.3, 0.4) is 0 Å². The fourth-order valence-electron chi connectivity index (χ4n) is 3.64. The van der Waals surface area contributed by atoms with Crippen molar-refractivity contribution in [3.05, 3.63) is 53.4 Å². The molecule has 1 aromatic carbocycles. The summed E-state index contributed by atoms with van der Waals surface area (Å²) in [6.45, 7) is 9.55. The number of pyridine rings is 1. The van der Waals surface area contributed by atoms with Crippen LogP contribution in [-0.2, 0) is 14.3 Å². The Balaban J connectivity index is 1.90. The quantitative estimate of drug-likeness (QED) is 0.234. The summed E-state index contributed by atoms with van der Waals surface area (Å²) in [5.41, 5.74) is 1.44. The zero-order valence-corrected chi connectivity index (χ0v) is 22.2. The van der Waals surface area contributed by atoms with Crippen LogP contribution in [0.25, 0.3) is 17.2 Å². The van der Waals surface area contributed by atoms with Crippen LogP contribution in [0, 0.1) is 17.8 Å². The van der Waals surface area contributed by atoms with Crippen molar-refractivity contribution in [2.24, 2.45) is 17.8 Å². The van der Waals surface area contributed by atoms with Crippen LogP contribution >= 0.6 is 0 Å². The third-order valence-corrected chi connectivity index (χ3v) is 6.54. The van der Waals surface area contributed by atoms with Gasteiger partial charge in [0.05, 0.1) is 13.0 Å². The Morgan fingerprint density at radius 1 is 1.08 bits per heavy atom. The van der Waals surface area contributed by atoms with Gasteiger partial charge in [-0.2, -0.15) is 0 Å². The summed E-state index contributed by atoms with van der Waals surface area (Å²) in [6, 6.07) is 6.24. The summed E-state index contributed by atoms with van der Waals surface area (Å²) < 4.78 is 16.0. The molecule has 38 heavy (non-hydrogen) atoms. The molecule has 202 valence electrons. The van der Waals surface area contributed by atoms with E-state index >= 15 is 0 Å². The van der Waals surface area contributed by atoms with Crippen LogP contribution in [0.5, 0.6) is 5.75 Å². The molecule has 1 N–H and O–H groups in total. The molecule has 1 atom stereocenters.